The average Bonchev–Trinajstić information content (AvgIpc) is 3.30. The van der Waals surface area contributed by atoms with Gasteiger partial charge in [0.25, 0.3) is 5.91 Å². The molecule has 2 aliphatic heterocycles. The number of aliphatic hydroxyl groups is 1. The zero-order chi connectivity index (χ0) is 22.3. The van der Waals surface area contributed by atoms with Gasteiger partial charge in [-0.3, -0.25) is 4.79 Å². The van der Waals surface area contributed by atoms with Crippen LogP contribution in [0.4, 0.5) is 4.39 Å². The topological polar surface area (TPSA) is 98.0 Å². The van der Waals surface area contributed by atoms with Gasteiger partial charge in [0.15, 0.2) is 0 Å². The number of carbonyl (C=O) groups excluding carboxylic acids is 1. The zero-order valence-electron chi connectivity index (χ0n) is 17.3. The van der Waals surface area contributed by atoms with Crippen LogP contribution >= 0.6 is 11.6 Å². The van der Waals surface area contributed by atoms with Gasteiger partial charge in [-0.2, -0.15) is 0 Å². The highest BCUT2D eigenvalue weighted by molar-refractivity contribution is 6.43. The molecule has 3 aliphatic rings. The Balaban J connectivity index is 1.57. The quantitative estimate of drug-likeness (QED) is 0.663. The van der Waals surface area contributed by atoms with Crippen LogP contribution in [0.2, 0.25) is 0 Å². The SMILES string of the molecule is CC1=N/C(=C2\CN(C(=O)c3ccc(F)cc3OC3CCC(O)C3)CC2=N)NC(C)=C1Cl. The first-order valence-electron chi connectivity index (χ1n) is 10.2. The first-order valence-corrected chi connectivity index (χ1v) is 10.5. The van der Waals surface area contributed by atoms with Crippen LogP contribution in [-0.2, 0) is 0 Å². The number of benzene rings is 1. The monoisotopic (exact) mass is 446 g/mol. The Morgan fingerprint density at radius 2 is 2.13 bits per heavy atom. The van der Waals surface area contributed by atoms with E-state index in [0.717, 1.165) is 5.70 Å². The van der Waals surface area contributed by atoms with Crippen LogP contribution in [-0.4, -0.2) is 52.6 Å². The molecule has 31 heavy (non-hydrogen) atoms. The number of aliphatic hydroxyl groups excluding tert-OH is 1. The minimum absolute atomic E-state index is 0.114. The first-order chi connectivity index (χ1) is 14.7. The molecule has 0 bridgehead atoms. The summed E-state index contributed by atoms with van der Waals surface area (Å²) in [6.07, 6.45) is 1.01. The molecule has 2 heterocycles. The zero-order valence-corrected chi connectivity index (χ0v) is 18.1. The minimum atomic E-state index is -0.502. The maximum absolute atomic E-state index is 13.9. The fourth-order valence-corrected chi connectivity index (χ4v) is 4.12. The molecule has 0 radical (unpaired) electrons. The van der Waals surface area contributed by atoms with Gasteiger partial charge < -0.3 is 25.5 Å². The Kier molecular flexibility index (Phi) is 5.85. The van der Waals surface area contributed by atoms with Gasteiger partial charge in [0.1, 0.15) is 23.5 Å². The molecular weight excluding hydrogens is 423 g/mol. The summed E-state index contributed by atoms with van der Waals surface area (Å²) in [7, 11) is 0. The Labute approximate surface area is 184 Å². The van der Waals surface area contributed by atoms with Gasteiger partial charge in [-0.25, -0.2) is 9.38 Å². The van der Waals surface area contributed by atoms with E-state index in [1.165, 1.54) is 23.1 Å². The van der Waals surface area contributed by atoms with E-state index in [0.29, 0.717) is 41.4 Å². The third-order valence-electron chi connectivity index (χ3n) is 5.69. The Hall–Kier alpha value is -2.71. The molecule has 0 aromatic heterocycles. The lowest BCUT2D eigenvalue weighted by Crippen LogP contribution is -2.30. The highest BCUT2D eigenvalue weighted by Crippen LogP contribution is 2.30. The van der Waals surface area contributed by atoms with Crippen molar-refractivity contribution in [3.8, 4) is 5.75 Å². The predicted molar refractivity (Wildman–Crippen MR) is 116 cm³/mol. The van der Waals surface area contributed by atoms with Gasteiger partial charge in [0.05, 0.1) is 41.2 Å². The van der Waals surface area contributed by atoms with Crippen molar-refractivity contribution in [1.82, 2.24) is 10.2 Å². The van der Waals surface area contributed by atoms with Crippen LogP contribution in [0.1, 0.15) is 43.5 Å². The summed E-state index contributed by atoms with van der Waals surface area (Å²) < 4.78 is 19.8. The maximum atomic E-state index is 13.9. The highest BCUT2D eigenvalue weighted by atomic mass is 35.5. The summed E-state index contributed by atoms with van der Waals surface area (Å²) in [6, 6.07) is 3.82. The van der Waals surface area contributed by atoms with Gasteiger partial charge in [0, 0.05) is 23.8 Å². The molecule has 1 aromatic rings. The first kappa shape index (κ1) is 21.5. The van der Waals surface area contributed by atoms with Crippen molar-refractivity contribution in [3.05, 3.63) is 51.7 Å². The lowest BCUT2D eigenvalue weighted by atomic mass is 10.1. The smallest absolute Gasteiger partial charge is 0.258 e. The number of amides is 1. The molecule has 3 N–H and O–H groups in total. The molecule has 1 saturated heterocycles. The standard InChI is InChI=1S/C22H24ClFN4O3/c1-11-20(23)12(2)27-21(26-11)17-9-28(10-18(17)25)22(30)16-6-3-13(24)7-19(16)31-15-5-4-14(29)8-15/h3,6-7,14-15,25-26,29H,4-5,8-10H2,1-2H3/b21-17+,25-18?. The van der Waals surface area contributed by atoms with E-state index in [4.69, 9.17) is 21.7 Å². The van der Waals surface area contributed by atoms with E-state index >= 15 is 0 Å². The molecule has 2 fully saturated rings. The number of allylic oxidation sites excluding steroid dienone is 2. The number of rotatable bonds is 3. The lowest BCUT2D eigenvalue weighted by Gasteiger charge is -2.20. The minimum Gasteiger partial charge on any atom is -0.489 e. The van der Waals surface area contributed by atoms with Crippen molar-refractivity contribution in [2.75, 3.05) is 13.1 Å². The largest absolute Gasteiger partial charge is 0.489 e. The molecular formula is C22H24ClFN4O3. The summed E-state index contributed by atoms with van der Waals surface area (Å²) in [4.78, 5) is 19.2. The molecule has 2 atom stereocenters. The summed E-state index contributed by atoms with van der Waals surface area (Å²) in [5, 5.41) is 21.7. The molecule has 1 aromatic carbocycles. The van der Waals surface area contributed by atoms with Crippen LogP contribution in [0.15, 0.2) is 45.3 Å². The number of aliphatic imine (C=N–C) groups is 1. The third kappa shape index (κ3) is 4.36. The molecule has 1 amide bonds. The fourth-order valence-electron chi connectivity index (χ4n) is 4.03. The number of hydrogen-bond acceptors (Lipinski definition) is 6. The highest BCUT2D eigenvalue weighted by Gasteiger charge is 2.33. The van der Waals surface area contributed by atoms with Crippen LogP contribution in [0.25, 0.3) is 0 Å². The predicted octanol–water partition coefficient (Wildman–Crippen LogP) is 3.34. The Bertz CT molecular complexity index is 1050. The van der Waals surface area contributed by atoms with Gasteiger partial charge in [-0.1, -0.05) is 11.6 Å². The lowest BCUT2D eigenvalue weighted by molar-refractivity contribution is 0.0795. The van der Waals surface area contributed by atoms with Crippen LogP contribution in [0, 0.1) is 11.2 Å². The van der Waals surface area contributed by atoms with E-state index in [9.17, 15) is 14.3 Å². The number of carbonyl (C=O) groups is 1. The molecule has 0 spiro atoms. The van der Waals surface area contributed by atoms with Crippen molar-refractivity contribution < 1.29 is 19.0 Å². The number of ether oxygens (including phenoxy) is 1. The summed E-state index contributed by atoms with van der Waals surface area (Å²) >= 11 is 6.18. The van der Waals surface area contributed by atoms with Gasteiger partial charge in [-0.05, 0) is 38.8 Å². The number of likely N-dealkylation sites (tertiary alicyclic amines) is 1. The fraction of sp³-hybridized carbons (Fsp3) is 0.409. The van der Waals surface area contributed by atoms with Crippen LogP contribution in [0.5, 0.6) is 5.75 Å². The number of halogens is 2. The van der Waals surface area contributed by atoms with Gasteiger partial charge >= 0.3 is 0 Å². The second-order valence-electron chi connectivity index (χ2n) is 8.08. The average molecular weight is 447 g/mol. The Morgan fingerprint density at radius 3 is 2.81 bits per heavy atom. The second-order valence-corrected chi connectivity index (χ2v) is 8.45. The van der Waals surface area contributed by atoms with Gasteiger partial charge in [0.2, 0.25) is 0 Å². The third-order valence-corrected chi connectivity index (χ3v) is 6.25. The molecule has 2 unspecified atom stereocenters. The van der Waals surface area contributed by atoms with Crippen molar-refractivity contribution in [2.45, 2.75) is 45.3 Å². The number of nitrogens with one attached hydrogen (secondary N) is 2. The molecule has 1 aliphatic carbocycles. The normalized spacial score (nSPS) is 26.3. The molecule has 9 heteroatoms. The van der Waals surface area contributed by atoms with E-state index in [-0.39, 0.29) is 42.1 Å². The Morgan fingerprint density at radius 1 is 1.35 bits per heavy atom. The number of hydrogen-bond donors (Lipinski definition) is 3. The molecule has 4 rings (SSSR count). The summed E-state index contributed by atoms with van der Waals surface area (Å²) in [6.45, 7) is 3.92. The summed E-state index contributed by atoms with van der Waals surface area (Å²) in [5.41, 5.74) is 2.51. The van der Waals surface area contributed by atoms with Crippen molar-refractivity contribution in [3.63, 3.8) is 0 Å². The van der Waals surface area contributed by atoms with Gasteiger partial charge in [-0.15, -0.1) is 0 Å². The molecule has 1 saturated carbocycles. The van der Waals surface area contributed by atoms with Crippen molar-refractivity contribution >= 4 is 28.9 Å². The molecule has 164 valence electrons. The van der Waals surface area contributed by atoms with Crippen molar-refractivity contribution in [1.29, 1.82) is 5.41 Å². The van der Waals surface area contributed by atoms with E-state index in [2.05, 4.69) is 10.3 Å². The van der Waals surface area contributed by atoms with Crippen molar-refractivity contribution in [2.24, 2.45) is 4.99 Å². The summed E-state index contributed by atoms with van der Waals surface area (Å²) in [5.74, 6) is -0.185. The second kappa shape index (κ2) is 8.43. The molecule has 7 nitrogen and oxygen atoms in total. The van der Waals surface area contributed by atoms with E-state index < -0.39 is 11.9 Å². The van der Waals surface area contributed by atoms with Crippen LogP contribution < -0.4 is 10.1 Å². The van der Waals surface area contributed by atoms with Crippen LogP contribution in [0.3, 0.4) is 0 Å². The maximum Gasteiger partial charge on any atom is 0.258 e. The van der Waals surface area contributed by atoms with E-state index in [1.807, 2.05) is 6.92 Å². The number of nitrogens with zero attached hydrogens (tertiary/aromatic N) is 2. The van der Waals surface area contributed by atoms with E-state index in [1.54, 1.807) is 6.92 Å².